The Bertz CT molecular complexity index is 5030. The number of phenols is 3. The van der Waals surface area contributed by atoms with E-state index >= 15 is 24.0 Å². The minimum absolute atomic E-state index is 0.0978. The van der Waals surface area contributed by atoms with Crippen LogP contribution in [0.3, 0.4) is 0 Å². The number of ether oxygens (including phenoxy) is 6. The van der Waals surface area contributed by atoms with Crippen LogP contribution in [-0.4, -0.2) is 248 Å². The molecule has 8 aliphatic heterocycles. The molecule has 37 nitrogen and oxygen atoms in total. The molecule has 3 saturated heterocycles. The lowest BCUT2D eigenvalue weighted by molar-refractivity contribution is -0.334. The Morgan fingerprint density at radius 1 is 0.685 bits per heavy atom. The van der Waals surface area contributed by atoms with Gasteiger partial charge in [-0.2, -0.15) is 0 Å². The van der Waals surface area contributed by atoms with Gasteiger partial charge in [0.05, 0.1) is 57.8 Å². The number of amides is 9. The quantitative estimate of drug-likeness (QED) is 0.0460. The van der Waals surface area contributed by atoms with E-state index in [1.165, 1.54) is 44.4 Å². The van der Waals surface area contributed by atoms with Crippen molar-refractivity contribution in [3.63, 3.8) is 0 Å². The number of piperidine rings is 1. The van der Waals surface area contributed by atoms with Gasteiger partial charge in [-0.3, -0.25) is 48.6 Å². The zero-order valence-electron chi connectivity index (χ0n) is 68.1. The predicted octanol–water partition coefficient (Wildman–Crippen LogP) is 2.38. The van der Waals surface area contributed by atoms with Crippen LogP contribution < -0.4 is 73.2 Å². The molecule has 0 saturated carbocycles. The van der Waals surface area contributed by atoms with Crippen LogP contribution in [0.4, 0.5) is 0 Å². The summed E-state index contributed by atoms with van der Waals surface area (Å²) in [6, 6.07) is 5.16. The van der Waals surface area contributed by atoms with E-state index in [0.29, 0.717) is 54.6 Å². The number of nitrogens with zero attached hydrogens (tertiary/aromatic N) is 2. The van der Waals surface area contributed by atoms with Crippen molar-refractivity contribution < 1.29 is 118 Å². The number of fused-ring (bicyclic) bond motifs is 15. The molecular formula is C83H99Cl4N13O24. The monoisotopic (exact) mass is 1800 g/mol. The smallest absolute Gasteiger partial charge is 0.261 e. The van der Waals surface area contributed by atoms with Gasteiger partial charge in [-0.25, -0.2) is 5.01 Å². The number of carbonyl (C=O) groups excluding carboxylic acids is 9. The Morgan fingerprint density at radius 2 is 1.32 bits per heavy atom. The van der Waals surface area contributed by atoms with E-state index in [4.69, 9.17) is 80.6 Å². The van der Waals surface area contributed by atoms with Crippen molar-refractivity contribution in [3.05, 3.63) is 151 Å². The van der Waals surface area contributed by atoms with Crippen molar-refractivity contribution in [1.82, 2.24) is 63.2 Å². The molecule has 21 N–H and O–H groups in total. The number of carbonyl (C=O) groups is 9. The van der Waals surface area contributed by atoms with Crippen LogP contribution in [0.2, 0.25) is 20.1 Å². The molecule has 6 aromatic rings. The summed E-state index contributed by atoms with van der Waals surface area (Å²) in [7, 11) is 4.32. The average Bonchev–Trinajstić information content (AvgIpc) is 0.763. The van der Waals surface area contributed by atoms with Crippen molar-refractivity contribution in [2.45, 2.75) is 182 Å². The molecule has 6 aromatic carbocycles. The number of aliphatic hydroxyl groups is 6. The zero-order chi connectivity index (χ0) is 89.8. The van der Waals surface area contributed by atoms with Gasteiger partial charge in [-0.05, 0) is 146 Å². The molecule has 0 radical (unpaired) electrons. The third kappa shape index (κ3) is 21.4. The molecule has 41 heteroatoms. The summed E-state index contributed by atoms with van der Waals surface area (Å²) in [6.45, 7) is 8.01. The standard InChI is InChI=1S/C83H99Cl4N13O24/c1-35(2)22-50(89-5)75(112)96-66-68(107)39-10-14-54(48(86)26-39)120-56-28-41-29-57(72(56)124-82-73(71(110)70(109)58(34-101)122-82)123-61-33-83(4,74(111)36(3)119-61)90-18-21-100-19-16-42(17-20-100)91-60(106)24-37-8-12-46(84)47(85)23-37)121-55-15-11-40(27-49(55)87)69(108)67-80(117)95-65(81(118)98-99(6)7)45-30-43(102)31-53(104)62(45)44-25-38(9-13-52(44)103)63(77(114)97-67)94-78(115)64(41)93-76(113)51(32-59(88)105)92-79(66)116/h8-15,23,25-31,35-36,42,50-51,58,61,63-71,73-74,82,89-90,101-104,107-111H,16-22,24,32-34H2,1-7H3,(H2,88,105)(H,91,106)(H,92,116)(H,93,113)(H,94,115)(H,95,117)(H,96,112)(H,97,114)(H,98,118). The largest absolute Gasteiger partial charge is 0.508 e. The number of nitrogens with two attached hydrogens (primary N) is 1. The Labute approximate surface area is 731 Å². The number of nitrogens with one attached hydrogen (secondary N) is 10. The number of benzene rings is 6. The van der Waals surface area contributed by atoms with Crippen molar-refractivity contribution in [3.8, 4) is 57.1 Å². The topological polar surface area (TPSA) is 544 Å². The fourth-order valence-corrected chi connectivity index (χ4v) is 16.6. The summed E-state index contributed by atoms with van der Waals surface area (Å²) >= 11 is 26.7. The van der Waals surface area contributed by atoms with Crippen LogP contribution >= 0.6 is 46.4 Å². The number of phenolic OH excluding ortho intramolecular Hbond substituents is 3. The van der Waals surface area contributed by atoms with E-state index in [1.807, 2.05) is 13.8 Å². The Balaban J connectivity index is 0.983. The molecular weight excluding hydrogens is 1700 g/mol. The Hall–Kier alpha value is -10.0. The van der Waals surface area contributed by atoms with Crippen LogP contribution in [0.25, 0.3) is 11.1 Å². The third-order valence-corrected chi connectivity index (χ3v) is 23.7. The number of hydrogen-bond donors (Lipinski definition) is 20. The van der Waals surface area contributed by atoms with Crippen molar-refractivity contribution >= 4 is 99.6 Å². The first-order chi connectivity index (χ1) is 58.8. The van der Waals surface area contributed by atoms with E-state index in [2.05, 4.69) is 58.2 Å². The van der Waals surface area contributed by atoms with Crippen LogP contribution in [0, 0.1) is 5.92 Å². The van der Waals surface area contributed by atoms with Gasteiger partial charge in [0, 0.05) is 75.5 Å². The van der Waals surface area contributed by atoms with Crippen LogP contribution in [0.15, 0.2) is 97.1 Å². The second kappa shape index (κ2) is 39.7. The fourth-order valence-electron chi connectivity index (χ4n) is 15.9. The minimum Gasteiger partial charge on any atom is -0.508 e. The molecule has 124 heavy (non-hydrogen) atoms. The van der Waals surface area contributed by atoms with E-state index < -0.39 is 226 Å². The number of rotatable bonds is 21. The molecule has 18 unspecified atom stereocenters. The number of aromatic hydroxyl groups is 3. The number of likely N-dealkylation sites (tertiary alicyclic amines) is 1. The van der Waals surface area contributed by atoms with Gasteiger partial charge < -0.3 is 133 Å². The highest BCUT2D eigenvalue weighted by Gasteiger charge is 2.52. The van der Waals surface area contributed by atoms with Gasteiger partial charge in [-0.15, -0.1) is 0 Å². The normalized spacial score (nSPS) is 27.2. The predicted molar refractivity (Wildman–Crippen MR) is 445 cm³/mol. The molecule has 14 rings (SSSR count). The average molecular weight is 1800 g/mol. The molecule has 8 aliphatic rings. The van der Waals surface area contributed by atoms with Gasteiger partial charge in [0.15, 0.2) is 23.9 Å². The molecule has 3 fully saturated rings. The summed E-state index contributed by atoms with van der Waals surface area (Å²) < 4.78 is 39.7. The summed E-state index contributed by atoms with van der Waals surface area (Å²) in [5, 5.41) is 132. The van der Waals surface area contributed by atoms with Crippen LogP contribution in [0.5, 0.6) is 46.0 Å². The van der Waals surface area contributed by atoms with E-state index in [9.17, 15) is 65.1 Å². The number of hydrazine groups is 1. The maximum Gasteiger partial charge on any atom is 0.261 e. The molecule has 0 spiro atoms. The molecule has 8 heterocycles. The Kier molecular flexibility index (Phi) is 29.8. The van der Waals surface area contributed by atoms with Gasteiger partial charge >= 0.3 is 0 Å². The maximum absolute atomic E-state index is 16.3. The highest BCUT2D eigenvalue weighted by molar-refractivity contribution is 6.42. The molecule has 11 bridgehead atoms. The van der Waals surface area contributed by atoms with E-state index in [-0.39, 0.29) is 75.9 Å². The fraction of sp³-hybridized carbons (Fsp3) is 0.458. The lowest BCUT2D eigenvalue weighted by Crippen LogP contribution is -2.66. The van der Waals surface area contributed by atoms with Gasteiger partial charge in [0.2, 0.25) is 59.3 Å². The Morgan fingerprint density at radius 3 is 1.94 bits per heavy atom. The highest BCUT2D eigenvalue weighted by atomic mass is 35.5. The minimum atomic E-state index is -2.36. The second-order valence-corrected chi connectivity index (χ2v) is 33.8. The lowest BCUT2D eigenvalue weighted by Gasteiger charge is -2.48. The van der Waals surface area contributed by atoms with Gasteiger partial charge in [-0.1, -0.05) is 84.5 Å². The molecule has 9 amide bonds. The second-order valence-electron chi connectivity index (χ2n) is 32.2. The van der Waals surface area contributed by atoms with Crippen molar-refractivity contribution in [2.75, 3.05) is 53.9 Å². The summed E-state index contributed by atoms with van der Waals surface area (Å²) in [6.07, 6.45) is -17.2. The highest BCUT2D eigenvalue weighted by Crippen LogP contribution is 2.50. The van der Waals surface area contributed by atoms with Crippen LogP contribution in [-0.2, 0) is 63.8 Å². The molecule has 0 aliphatic carbocycles. The summed E-state index contributed by atoms with van der Waals surface area (Å²) in [5.74, 6) is -15.0. The molecule has 18 atom stereocenters. The summed E-state index contributed by atoms with van der Waals surface area (Å²) in [4.78, 5) is 135. The number of primary amides is 1. The van der Waals surface area contributed by atoms with E-state index in [1.54, 1.807) is 32.0 Å². The van der Waals surface area contributed by atoms with Gasteiger partial charge in [0.25, 0.3) is 5.91 Å². The lowest BCUT2D eigenvalue weighted by atomic mass is 9.85. The van der Waals surface area contributed by atoms with E-state index in [0.717, 1.165) is 60.7 Å². The number of aliphatic hydroxyl groups excluding tert-OH is 6. The summed E-state index contributed by atoms with van der Waals surface area (Å²) in [5.41, 5.74) is 5.40. The van der Waals surface area contributed by atoms with Crippen molar-refractivity contribution in [2.24, 2.45) is 11.7 Å². The maximum atomic E-state index is 16.3. The SMILES string of the molecule is CNC(CC(C)C)C(=O)NC1C(=O)NC(CC(N)=O)C(=O)NC2C(=O)NC3C(=O)NC(C(=O)NC(C(=O)NN(C)C)c4cc(O)cc(O)c4-c4cc3ccc4O)C(O)c3ccc(c(Cl)c3)Oc3cc2cc(c3OC2OC(CO)C(O)C(O)C2OC2CC(C)(NCCN3CCC(NC(=O)Cc4ccc(Cl)c(Cl)c4)CC3)C(O)C(C)O2)Oc2ccc(cc2Cl)C1O. The number of halogens is 4. The number of likely N-dealkylation sites (N-methyl/N-ethyl adjacent to an activating group) is 1. The first kappa shape index (κ1) is 93.2. The number of hydrogen-bond acceptors (Lipinski definition) is 28. The van der Waals surface area contributed by atoms with Crippen molar-refractivity contribution in [1.29, 1.82) is 0 Å². The van der Waals surface area contributed by atoms with Crippen LogP contribution in [0.1, 0.15) is 124 Å². The molecule has 0 aromatic heterocycles. The third-order valence-electron chi connectivity index (χ3n) is 22.3. The zero-order valence-corrected chi connectivity index (χ0v) is 71.1. The first-order valence-corrected chi connectivity index (χ1v) is 41.4. The first-order valence-electron chi connectivity index (χ1n) is 39.9. The van der Waals surface area contributed by atoms with Gasteiger partial charge in [0.1, 0.15) is 95.5 Å². The molecule has 668 valence electrons.